The summed E-state index contributed by atoms with van der Waals surface area (Å²) < 4.78 is 5.55. The van der Waals surface area contributed by atoms with E-state index < -0.39 is 0 Å². The van der Waals surface area contributed by atoms with Crippen LogP contribution in [0.1, 0.15) is 19.8 Å². The van der Waals surface area contributed by atoms with Crippen LogP contribution in [0, 0.1) is 17.8 Å². The summed E-state index contributed by atoms with van der Waals surface area (Å²) in [4.78, 5) is 0. The van der Waals surface area contributed by atoms with Crippen molar-refractivity contribution in [1.29, 1.82) is 0 Å². The normalized spacial score (nSPS) is 66.0. The highest BCUT2D eigenvalue weighted by Crippen LogP contribution is 2.55. The van der Waals surface area contributed by atoms with Gasteiger partial charge in [0.15, 0.2) is 0 Å². The van der Waals surface area contributed by atoms with E-state index in [4.69, 9.17) is 4.74 Å². The zero-order chi connectivity index (χ0) is 7.59. The summed E-state index contributed by atoms with van der Waals surface area (Å²) in [6.07, 6.45) is 3.38. The summed E-state index contributed by atoms with van der Waals surface area (Å²) in [5.41, 5.74) is 0. The molecule has 0 aromatic rings. The molecular formula is C9H14O2. The second-order valence-electron chi connectivity index (χ2n) is 4.32. The molecule has 6 atom stereocenters. The molecule has 1 saturated heterocycles. The van der Waals surface area contributed by atoms with Crippen molar-refractivity contribution in [3.8, 4) is 0 Å². The summed E-state index contributed by atoms with van der Waals surface area (Å²) >= 11 is 0. The lowest BCUT2D eigenvalue weighted by molar-refractivity contribution is -0.0292. The van der Waals surface area contributed by atoms with Gasteiger partial charge in [0.2, 0.25) is 0 Å². The highest BCUT2D eigenvalue weighted by molar-refractivity contribution is 5.09. The number of aliphatic hydroxyl groups is 1. The van der Waals surface area contributed by atoms with Gasteiger partial charge in [-0.2, -0.15) is 0 Å². The van der Waals surface area contributed by atoms with Gasteiger partial charge in [0.05, 0.1) is 18.3 Å². The molecule has 0 unspecified atom stereocenters. The van der Waals surface area contributed by atoms with Gasteiger partial charge < -0.3 is 9.84 Å². The molecule has 3 saturated carbocycles. The third-order valence-electron chi connectivity index (χ3n) is 3.89. The lowest BCUT2D eigenvalue weighted by Gasteiger charge is -2.41. The van der Waals surface area contributed by atoms with E-state index in [1.54, 1.807) is 0 Å². The average Bonchev–Trinajstić information content (AvgIpc) is 2.76. The molecule has 2 heteroatoms. The summed E-state index contributed by atoms with van der Waals surface area (Å²) in [5, 5.41) is 9.78. The van der Waals surface area contributed by atoms with Crippen molar-refractivity contribution in [2.45, 2.75) is 38.1 Å². The van der Waals surface area contributed by atoms with E-state index in [0.29, 0.717) is 30.0 Å². The van der Waals surface area contributed by atoms with Gasteiger partial charge in [-0.15, -0.1) is 0 Å². The van der Waals surface area contributed by atoms with E-state index in [2.05, 4.69) is 6.92 Å². The first kappa shape index (κ1) is 6.44. The maximum Gasteiger partial charge on any atom is 0.0897 e. The standard InChI is InChI=1S/C9H14O2/c1-4-5-2-3-6(7(4)10)9-8(5)11-9/h4-10H,2-3H2,1H3/t4-,5-,6+,7-,8+,9-/m1/s1. The summed E-state index contributed by atoms with van der Waals surface area (Å²) in [6.45, 7) is 2.17. The number of aliphatic hydroxyl groups excluding tert-OH is 1. The minimum absolute atomic E-state index is 0.0718. The van der Waals surface area contributed by atoms with Crippen molar-refractivity contribution in [2.75, 3.05) is 0 Å². The van der Waals surface area contributed by atoms with Crippen LogP contribution in [-0.2, 0) is 4.74 Å². The van der Waals surface area contributed by atoms with Crippen LogP contribution >= 0.6 is 0 Å². The van der Waals surface area contributed by atoms with Crippen LogP contribution in [0.4, 0.5) is 0 Å². The third kappa shape index (κ3) is 0.651. The molecule has 0 amide bonds. The van der Waals surface area contributed by atoms with Crippen molar-refractivity contribution in [3.05, 3.63) is 0 Å². The Morgan fingerprint density at radius 1 is 1.18 bits per heavy atom. The minimum atomic E-state index is -0.0718. The molecule has 2 bridgehead atoms. The van der Waals surface area contributed by atoms with E-state index >= 15 is 0 Å². The zero-order valence-electron chi connectivity index (χ0n) is 6.73. The minimum Gasteiger partial charge on any atom is -0.392 e. The van der Waals surface area contributed by atoms with Crippen LogP contribution < -0.4 is 0 Å². The Kier molecular flexibility index (Phi) is 1.06. The fourth-order valence-electron chi connectivity index (χ4n) is 3.11. The van der Waals surface area contributed by atoms with Gasteiger partial charge in [-0.3, -0.25) is 0 Å². The Morgan fingerprint density at radius 3 is 2.55 bits per heavy atom. The van der Waals surface area contributed by atoms with Crippen LogP contribution in [0.15, 0.2) is 0 Å². The Balaban J connectivity index is 1.94. The van der Waals surface area contributed by atoms with E-state index in [9.17, 15) is 5.11 Å². The second kappa shape index (κ2) is 1.80. The number of hydrogen-bond donors (Lipinski definition) is 1. The van der Waals surface area contributed by atoms with E-state index in [1.807, 2.05) is 0 Å². The van der Waals surface area contributed by atoms with Gasteiger partial charge >= 0.3 is 0 Å². The van der Waals surface area contributed by atoms with Crippen molar-refractivity contribution in [2.24, 2.45) is 17.8 Å². The first-order valence-corrected chi connectivity index (χ1v) is 4.62. The van der Waals surface area contributed by atoms with Gasteiger partial charge in [0, 0.05) is 5.92 Å². The number of hydrogen-bond acceptors (Lipinski definition) is 2. The lowest BCUT2D eigenvalue weighted by Crippen LogP contribution is -2.47. The number of epoxide rings is 1. The number of ether oxygens (including phenoxy) is 1. The summed E-state index contributed by atoms with van der Waals surface area (Å²) in [7, 11) is 0. The quantitative estimate of drug-likeness (QED) is 0.523. The lowest BCUT2D eigenvalue weighted by atomic mass is 9.64. The highest BCUT2D eigenvalue weighted by atomic mass is 16.6. The average molecular weight is 154 g/mol. The van der Waals surface area contributed by atoms with Crippen molar-refractivity contribution in [1.82, 2.24) is 0 Å². The molecule has 4 fully saturated rings. The van der Waals surface area contributed by atoms with Crippen molar-refractivity contribution < 1.29 is 9.84 Å². The van der Waals surface area contributed by atoms with Gasteiger partial charge in [-0.25, -0.2) is 0 Å². The Bertz CT molecular complexity index is 172. The van der Waals surface area contributed by atoms with E-state index in [1.165, 1.54) is 12.8 Å². The molecule has 4 aliphatic rings. The summed E-state index contributed by atoms with van der Waals surface area (Å²) in [6, 6.07) is 0. The van der Waals surface area contributed by atoms with E-state index in [0.717, 1.165) is 0 Å². The second-order valence-corrected chi connectivity index (χ2v) is 4.32. The first-order chi connectivity index (χ1) is 5.29. The largest absolute Gasteiger partial charge is 0.392 e. The Morgan fingerprint density at radius 2 is 1.82 bits per heavy atom. The zero-order valence-corrected chi connectivity index (χ0v) is 6.73. The van der Waals surface area contributed by atoms with Gasteiger partial charge in [0.25, 0.3) is 0 Å². The number of rotatable bonds is 0. The molecule has 1 aliphatic heterocycles. The predicted octanol–water partition coefficient (Wildman–Crippen LogP) is 0.791. The van der Waals surface area contributed by atoms with Gasteiger partial charge in [-0.1, -0.05) is 6.92 Å². The molecule has 1 N–H and O–H groups in total. The third-order valence-corrected chi connectivity index (χ3v) is 3.89. The molecule has 2 nitrogen and oxygen atoms in total. The Labute approximate surface area is 66.5 Å². The topological polar surface area (TPSA) is 32.8 Å². The molecule has 62 valence electrons. The molecular weight excluding hydrogens is 140 g/mol. The summed E-state index contributed by atoms with van der Waals surface area (Å²) in [5.74, 6) is 1.62. The molecule has 3 aliphatic carbocycles. The molecule has 4 rings (SSSR count). The molecule has 0 aromatic carbocycles. The predicted molar refractivity (Wildman–Crippen MR) is 40.0 cm³/mol. The molecule has 0 spiro atoms. The van der Waals surface area contributed by atoms with Gasteiger partial charge in [0.1, 0.15) is 0 Å². The fourth-order valence-corrected chi connectivity index (χ4v) is 3.11. The molecule has 0 radical (unpaired) electrons. The van der Waals surface area contributed by atoms with Crippen LogP contribution in [0.2, 0.25) is 0 Å². The van der Waals surface area contributed by atoms with E-state index in [-0.39, 0.29) is 6.10 Å². The van der Waals surface area contributed by atoms with Crippen molar-refractivity contribution in [3.63, 3.8) is 0 Å². The maximum atomic E-state index is 9.78. The molecule has 1 heterocycles. The van der Waals surface area contributed by atoms with Crippen molar-refractivity contribution >= 4 is 0 Å². The van der Waals surface area contributed by atoms with Crippen LogP contribution in [0.3, 0.4) is 0 Å². The molecule has 11 heavy (non-hydrogen) atoms. The fraction of sp³-hybridized carbons (Fsp3) is 1.00. The first-order valence-electron chi connectivity index (χ1n) is 4.62. The van der Waals surface area contributed by atoms with Gasteiger partial charge in [-0.05, 0) is 24.7 Å². The monoisotopic (exact) mass is 154 g/mol. The number of fused-ring (bicyclic) bond motifs is 2. The Hall–Kier alpha value is -0.0800. The van der Waals surface area contributed by atoms with Crippen LogP contribution in [0.25, 0.3) is 0 Å². The smallest absolute Gasteiger partial charge is 0.0897 e. The van der Waals surface area contributed by atoms with Crippen LogP contribution in [-0.4, -0.2) is 23.4 Å². The van der Waals surface area contributed by atoms with Crippen LogP contribution in [0.5, 0.6) is 0 Å². The maximum absolute atomic E-state index is 9.78. The highest BCUT2D eigenvalue weighted by Gasteiger charge is 2.61. The SMILES string of the molecule is C[C@H]1[C@@H](O)[C@@H]2CC[C@H]1[C@@H]1O[C@H]21. The molecule has 0 aromatic heterocycles.